The lowest BCUT2D eigenvalue weighted by atomic mass is 10.3. The van der Waals surface area contributed by atoms with Crippen molar-refractivity contribution >= 4 is 11.3 Å². The van der Waals surface area contributed by atoms with Crippen LogP contribution in [0.15, 0.2) is 46.4 Å². The molecule has 0 unspecified atom stereocenters. The van der Waals surface area contributed by atoms with Gasteiger partial charge in [-0.1, -0.05) is 6.07 Å². The average molecular weight is 293 g/mol. The van der Waals surface area contributed by atoms with E-state index >= 15 is 0 Å². The second-order valence-electron chi connectivity index (χ2n) is 3.99. The molecule has 3 rings (SSSR count). The number of aromatic nitrogens is 1. The van der Waals surface area contributed by atoms with Gasteiger partial charge in [-0.05, 0) is 23.6 Å². The zero-order chi connectivity index (χ0) is 13.9. The zero-order valence-electron chi connectivity index (χ0n) is 10.2. The Morgan fingerprint density at radius 1 is 1.20 bits per heavy atom. The van der Waals surface area contributed by atoms with E-state index in [9.17, 15) is 8.78 Å². The van der Waals surface area contributed by atoms with Crippen molar-refractivity contribution in [3.05, 3.63) is 59.3 Å². The number of oxazole rings is 1. The van der Waals surface area contributed by atoms with Crippen LogP contribution in [-0.2, 0) is 6.61 Å². The van der Waals surface area contributed by atoms with Gasteiger partial charge in [-0.15, -0.1) is 11.3 Å². The summed E-state index contributed by atoms with van der Waals surface area (Å²) < 4.78 is 36.4. The van der Waals surface area contributed by atoms with Crippen molar-refractivity contribution in [3.63, 3.8) is 0 Å². The Balaban J connectivity index is 1.68. The third-order valence-corrected chi connectivity index (χ3v) is 3.42. The molecule has 0 atom stereocenters. The second-order valence-corrected chi connectivity index (χ2v) is 4.93. The highest BCUT2D eigenvalue weighted by molar-refractivity contribution is 7.13. The van der Waals surface area contributed by atoms with Gasteiger partial charge in [-0.25, -0.2) is 13.8 Å². The zero-order valence-corrected chi connectivity index (χ0v) is 11.0. The van der Waals surface area contributed by atoms with Crippen LogP contribution in [0, 0.1) is 11.6 Å². The topological polar surface area (TPSA) is 35.3 Å². The summed E-state index contributed by atoms with van der Waals surface area (Å²) in [7, 11) is 0. The molecule has 0 radical (unpaired) electrons. The number of rotatable bonds is 4. The molecule has 0 amide bonds. The summed E-state index contributed by atoms with van der Waals surface area (Å²) in [6, 6.07) is 7.18. The SMILES string of the molecule is Fc1ccc(OCc2coc(-c3cccs3)n2)cc1F. The van der Waals surface area contributed by atoms with Crippen LogP contribution in [0.25, 0.3) is 10.8 Å². The molecule has 0 spiro atoms. The van der Waals surface area contributed by atoms with Crippen molar-refractivity contribution in [2.75, 3.05) is 0 Å². The summed E-state index contributed by atoms with van der Waals surface area (Å²) in [6.45, 7) is 0.125. The molecule has 3 aromatic rings. The molecule has 6 heteroatoms. The summed E-state index contributed by atoms with van der Waals surface area (Å²) in [5.41, 5.74) is 0.582. The Bertz CT molecular complexity index is 710. The minimum absolute atomic E-state index is 0.125. The van der Waals surface area contributed by atoms with Gasteiger partial charge in [0.15, 0.2) is 11.6 Å². The van der Waals surface area contributed by atoms with Gasteiger partial charge >= 0.3 is 0 Å². The number of thiophene rings is 1. The summed E-state index contributed by atoms with van der Waals surface area (Å²) >= 11 is 1.52. The molecule has 0 aliphatic carbocycles. The first kappa shape index (κ1) is 12.8. The molecule has 20 heavy (non-hydrogen) atoms. The van der Waals surface area contributed by atoms with Crippen LogP contribution < -0.4 is 4.74 Å². The lowest BCUT2D eigenvalue weighted by Crippen LogP contribution is -1.96. The molecule has 2 aromatic heterocycles. The smallest absolute Gasteiger partial charge is 0.236 e. The minimum Gasteiger partial charge on any atom is -0.487 e. The van der Waals surface area contributed by atoms with E-state index in [-0.39, 0.29) is 12.4 Å². The van der Waals surface area contributed by atoms with Crippen LogP contribution in [0.4, 0.5) is 8.78 Å². The molecule has 102 valence electrons. The molecule has 2 heterocycles. The molecule has 0 bridgehead atoms. The van der Waals surface area contributed by atoms with E-state index in [0.29, 0.717) is 11.6 Å². The molecule has 0 fully saturated rings. The first-order valence-corrected chi connectivity index (χ1v) is 6.66. The Kier molecular flexibility index (Phi) is 3.47. The first-order chi connectivity index (χ1) is 9.72. The van der Waals surface area contributed by atoms with E-state index < -0.39 is 11.6 Å². The standard InChI is InChI=1S/C14H9F2NO2S/c15-11-4-3-10(6-12(11)16)18-7-9-8-19-14(17-9)13-2-1-5-20-13/h1-6,8H,7H2. The highest BCUT2D eigenvalue weighted by atomic mass is 32.1. The molecule has 0 aliphatic rings. The molecular weight excluding hydrogens is 284 g/mol. The molecule has 0 saturated carbocycles. The second kappa shape index (κ2) is 5.42. The van der Waals surface area contributed by atoms with Crippen molar-refractivity contribution in [2.45, 2.75) is 6.61 Å². The van der Waals surface area contributed by atoms with E-state index in [0.717, 1.165) is 17.0 Å². The predicted molar refractivity (Wildman–Crippen MR) is 70.5 cm³/mol. The maximum Gasteiger partial charge on any atom is 0.236 e. The van der Waals surface area contributed by atoms with Crippen LogP contribution in [0.5, 0.6) is 5.75 Å². The van der Waals surface area contributed by atoms with Crippen molar-refractivity contribution in [1.29, 1.82) is 0 Å². The predicted octanol–water partition coefficient (Wildman–Crippen LogP) is 4.26. The minimum atomic E-state index is -0.943. The van der Waals surface area contributed by atoms with Gasteiger partial charge < -0.3 is 9.15 Å². The third-order valence-electron chi connectivity index (χ3n) is 2.56. The molecule has 1 aromatic carbocycles. The van der Waals surface area contributed by atoms with Crippen LogP contribution in [0.1, 0.15) is 5.69 Å². The third kappa shape index (κ3) is 2.70. The van der Waals surface area contributed by atoms with Gasteiger partial charge in [0.2, 0.25) is 5.89 Å². The molecule has 0 saturated heterocycles. The Morgan fingerprint density at radius 3 is 2.85 bits per heavy atom. The monoisotopic (exact) mass is 293 g/mol. The molecule has 3 nitrogen and oxygen atoms in total. The molecule has 0 N–H and O–H groups in total. The molecular formula is C14H9F2NO2S. The van der Waals surface area contributed by atoms with Gasteiger partial charge in [0.25, 0.3) is 0 Å². The number of hydrogen-bond acceptors (Lipinski definition) is 4. The lowest BCUT2D eigenvalue weighted by molar-refractivity contribution is 0.298. The number of halogens is 2. The van der Waals surface area contributed by atoms with E-state index in [1.54, 1.807) is 0 Å². The lowest BCUT2D eigenvalue weighted by Gasteiger charge is -2.03. The van der Waals surface area contributed by atoms with Crippen LogP contribution >= 0.6 is 11.3 Å². The van der Waals surface area contributed by atoms with E-state index in [4.69, 9.17) is 9.15 Å². The van der Waals surface area contributed by atoms with Crippen molar-refractivity contribution in [1.82, 2.24) is 4.98 Å². The van der Waals surface area contributed by atoms with Crippen molar-refractivity contribution < 1.29 is 17.9 Å². The van der Waals surface area contributed by atoms with Crippen molar-refractivity contribution in [3.8, 4) is 16.5 Å². The summed E-state index contributed by atoms with van der Waals surface area (Å²) in [5, 5.41) is 1.93. The Labute approximate surface area is 117 Å². The maximum absolute atomic E-state index is 13.0. The van der Waals surface area contributed by atoms with E-state index in [1.165, 1.54) is 23.7 Å². The first-order valence-electron chi connectivity index (χ1n) is 5.78. The van der Waals surface area contributed by atoms with Gasteiger partial charge in [0.05, 0.1) is 4.88 Å². The highest BCUT2D eigenvalue weighted by Gasteiger charge is 2.09. The van der Waals surface area contributed by atoms with Gasteiger partial charge in [-0.3, -0.25) is 0 Å². The van der Waals surface area contributed by atoms with E-state index in [2.05, 4.69) is 4.98 Å². The van der Waals surface area contributed by atoms with Crippen LogP contribution in [0.2, 0.25) is 0 Å². The van der Waals surface area contributed by atoms with Gasteiger partial charge in [0.1, 0.15) is 24.3 Å². The number of nitrogens with zero attached hydrogens (tertiary/aromatic N) is 1. The summed E-state index contributed by atoms with van der Waals surface area (Å²) in [6.07, 6.45) is 1.48. The summed E-state index contributed by atoms with van der Waals surface area (Å²) in [4.78, 5) is 5.18. The fraction of sp³-hybridized carbons (Fsp3) is 0.0714. The van der Waals surface area contributed by atoms with Gasteiger partial charge in [-0.2, -0.15) is 0 Å². The Hall–Kier alpha value is -2.21. The normalized spacial score (nSPS) is 10.7. The van der Waals surface area contributed by atoms with Gasteiger partial charge in [0, 0.05) is 6.07 Å². The van der Waals surface area contributed by atoms with Crippen LogP contribution in [-0.4, -0.2) is 4.98 Å². The van der Waals surface area contributed by atoms with Crippen molar-refractivity contribution in [2.24, 2.45) is 0 Å². The molecule has 0 aliphatic heterocycles. The average Bonchev–Trinajstić information content (AvgIpc) is 3.09. The summed E-state index contributed by atoms with van der Waals surface area (Å²) in [5.74, 6) is -1.09. The highest BCUT2D eigenvalue weighted by Crippen LogP contribution is 2.24. The number of benzene rings is 1. The van der Waals surface area contributed by atoms with Crippen LogP contribution in [0.3, 0.4) is 0 Å². The fourth-order valence-corrected chi connectivity index (χ4v) is 2.27. The number of ether oxygens (including phenoxy) is 1. The fourth-order valence-electron chi connectivity index (χ4n) is 1.61. The number of hydrogen-bond donors (Lipinski definition) is 0. The quantitative estimate of drug-likeness (QED) is 0.721. The maximum atomic E-state index is 13.0. The largest absolute Gasteiger partial charge is 0.487 e. The van der Waals surface area contributed by atoms with E-state index in [1.807, 2.05) is 17.5 Å². The Morgan fingerprint density at radius 2 is 2.10 bits per heavy atom.